The Labute approximate surface area is 146 Å². The van der Waals surface area contributed by atoms with Gasteiger partial charge in [-0.15, -0.1) is 0 Å². The summed E-state index contributed by atoms with van der Waals surface area (Å²) in [5.41, 5.74) is 0.890. The fourth-order valence-corrected chi connectivity index (χ4v) is 1.95. The molecule has 134 valence electrons. The first kappa shape index (κ1) is 19.8. The summed E-state index contributed by atoms with van der Waals surface area (Å²) in [6.07, 6.45) is 1.77. The number of hydrogen-bond acceptors (Lipinski definition) is 6. The lowest BCUT2D eigenvalue weighted by Gasteiger charge is -2.09. The summed E-state index contributed by atoms with van der Waals surface area (Å²) >= 11 is 0. The van der Waals surface area contributed by atoms with Crippen molar-refractivity contribution in [3.63, 3.8) is 0 Å². The van der Waals surface area contributed by atoms with Crippen LogP contribution in [0.1, 0.15) is 12.0 Å². The molecular weight excluding hydrogens is 326 g/mol. The summed E-state index contributed by atoms with van der Waals surface area (Å²) in [6, 6.07) is 7.34. The molecule has 0 heterocycles. The molecule has 1 aromatic rings. The van der Waals surface area contributed by atoms with Crippen molar-refractivity contribution in [2.24, 2.45) is 0 Å². The van der Waals surface area contributed by atoms with Crippen LogP contribution < -0.4 is 20.1 Å². The standard InChI is InChI=1S/C17H21N3O5/c1-24-14-4-3-12(9-15(14)25-2)5-7-19-11-13(10-18)17(23)20-8-6-16(21)22/h3-4,9,11,19H,5-8H2,1-2H3,(H,20,23)(H,21,22)/b13-11-. The topological polar surface area (TPSA) is 121 Å². The minimum Gasteiger partial charge on any atom is -0.493 e. The Hall–Kier alpha value is -3.21. The first-order chi connectivity index (χ1) is 12.0. The van der Waals surface area contributed by atoms with Crippen molar-refractivity contribution in [3.8, 4) is 17.6 Å². The van der Waals surface area contributed by atoms with Crippen molar-refractivity contribution in [1.82, 2.24) is 10.6 Å². The smallest absolute Gasteiger partial charge is 0.305 e. The van der Waals surface area contributed by atoms with E-state index in [2.05, 4.69) is 10.6 Å². The summed E-state index contributed by atoms with van der Waals surface area (Å²) in [7, 11) is 3.12. The van der Waals surface area contributed by atoms with Crippen LogP contribution in [0.25, 0.3) is 0 Å². The molecule has 0 saturated carbocycles. The Morgan fingerprint density at radius 3 is 2.56 bits per heavy atom. The molecule has 0 aromatic heterocycles. The average Bonchev–Trinajstić information content (AvgIpc) is 2.61. The zero-order chi connectivity index (χ0) is 18.7. The first-order valence-corrected chi connectivity index (χ1v) is 7.56. The second-order valence-corrected chi connectivity index (χ2v) is 4.96. The fraction of sp³-hybridized carbons (Fsp3) is 0.353. The molecule has 0 atom stereocenters. The lowest BCUT2D eigenvalue weighted by Crippen LogP contribution is -2.28. The number of hydrogen-bond donors (Lipinski definition) is 3. The molecular formula is C17H21N3O5. The van der Waals surface area contributed by atoms with Crippen molar-refractivity contribution < 1.29 is 24.2 Å². The molecule has 0 saturated heterocycles. The predicted octanol–water partition coefficient (Wildman–Crippen LogP) is 0.834. The monoisotopic (exact) mass is 347 g/mol. The summed E-state index contributed by atoms with van der Waals surface area (Å²) in [5, 5.41) is 22.8. The molecule has 0 aliphatic carbocycles. The number of aliphatic carboxylic acids is 1. The van der Waals surface area contributed by atoms with Gasteiger partial charge in [0.05, 0.1) is 20.6 Å². The number of methoxy groups -OCH3 is 2. The Balaban J connectivity index is 2.51. The van der Waals surface area contributed by atoms with Gasteiger partial charge < -0.3 is 25.2 Å². The third-order valence-electron chi connectivity index (χ3n) is 3.24. The third-order valence-corrected chi connectivity index (χ3v) is 3.24. The zero-order valence-electron chi connectivity index (χ0n) is 14.2. The van der Waals surface area contributed by atoms with Crippen LogP contribution in [-0.4, -0.2) is 44.3 Å². The first-order valence-electron chi connectivity index (χ1n) is 7.56. The second kappa shape index (κ2) is 10.5. The minimum absolute atomic E-state index is 0.0289. The molecule has 0 aliphatic heterocycles. The molecule has 0 bridgehead atoms. The number of rotatable bonds is 10. The molecule has 0 unspecified atom stereocenters. The van der Waals surface area contributed by atoms with E-state index in [1.807, 2.05) is 12.1 Å². The maximum absolute atomic E-state index is 11.7. The third kappa shape index (κ3) is 6.83. The molecule has 25 heavy (non-hydrogen) atoms. The van der Waals surface area contributed by atoms with Gasteiger partial charge in [-0.2, -0.15) is 5.26 Å². The summed E-state index contributed by atoms with van der Waals surface area (Å²) in [4.78, 5) is 22.1. The van der Waals surface area contributed by atoms with Crippen molar-refractivity contribution in [2.75, 3.05) is 27.3 Å². The van der Waals surface area contributed by atoms with E-state index in [1.54, 1.807) is 26.4 Å². The Morgan fingerprint density at radius 1 is 1.24 bits per heavy atom. The summed E-state index contributed by atoms with van der Waals surface area (Å²) in [6.45, 7) is 0.474. The number of amides is 1. The molecule has 1 aromatic carbocycles. The van der Waals surface area contributed by atoms with Gasteiger partial charge in [0.15, 0.2) is 11.5 Å². The van der Waals surface area contributed by atoms with E-state index in [1.165, 1.54) is 6.20 Å². The van der Waals surface area contributed by atoms with Gasteiger partial charge in [-0.3, -0.25) is 9.59 Å². The highest BCUT2D eigenvalue weighted by Crippen LogP contribution is 2.27. The summed E-state index contributed by atoms with van der Waals surface area (Å²) < 4.78 is 10.4. The Kier molecular flexibility index (Phi) is 8.37. The molecule has 8 nitrogen and oxygen atoms in total. The van der Waals surface area contributed by atoms with E-state index in [0.29, 0.717) is 24.5 Å². The highest BCUT2D eigenvalue weighted by molar-refractivity contribution is 5.97. The van der Waals surface area contributed by atoms with Crippen molar-refractivity contribution in [1.29, 1.82) is 5.26 Å². The van der Waals surface area contributed by atoms with Crippen LogP contribution >= 0.6 is 0 Å². The highest BCUT2D eigenvalue weighted by Gasteiger charge is 2.09. The molecule has 0 aliphatic rings. The van der Waals surface area contributed by atoms with Crippen LogP contribution in [0.15, 0.2) is 30.0 Å². The second-order valence-electron chi connectivity index (χ2n) is 4.96. The van der Waals surface area contributed by atoms with Gasteiger partial charge in [0, 0.05) is 19.3 Å². The number of nitrogens with zero attached hydrogens (tertiary/aromatic N) is 1. The largest absolute Gasteiger partial charge is 0.493 e. The predicted molar refractivity (Wildman–Crippen MR) is 90.2 cm³/mol. The van der Waals surface area contributed by atoms with Crippen LogP contribution in [0, 0.1) is 11.3 Å². The van der Waals surface area contributed by atoms with Gasteiger partial charge in [0.2, 0.25) is 0 Å². The van der Waals surface area contributed by atoms with Crippen LogP contribution in [-0.2, 0) is 16.0 Å². The maximum atomic E-state index is 11.7. The maximum Gasteiger partial charge on any atom is 0.305 e. The van der Waals surface area contributed by atoms with Crippen molar-refractivity contribution in [3.05, 3.63) is 35.5 Å². The average molecular weight is 347 g/mol. The van der Waals surface area contributed by atoms with Gasteiger partial charge in [-0.1, -0.05) is 6.07 Å². The Morgan fingerprint density at radius 2 is 1.96 bits per heavy atom. The highest BCUT2D eigenvalue weighted by atomic mass is 16.5. The van der Waals surface area contributed by atoms with E-state index >= 15 is 0 Å². The molecule has 0 spiro atoms. The molecule has 8 heteroatoms. The van der Waals surface area contributed by atoms with Crippen LogP contribution in [0.3, 0.4) is 0 Å². The number of nitriles is 1. The van der Waals surface area contributed by atoms with Gasteiger partial charge in [-0.05, 0) is 24.1 Å². The SMILES string of the molecule is COc1ccc(CCN/C=C(/C#N)C(=O)NCCC(=O)O)cc1OC. The molecule has 0 fully saturated rings. The lowest BCUT2D eigenvalue weighted by molar-refractivity contribution is -0.136. The van der Waals surface area contributed by atoms with Crippen molar-refractivity contribution in [2.45, 2.75) is 12.8 Å². The number of benzene rings is 1. The Bertz CT molecular complexity index is 679. The van der Waals surface area contributed by atoms with Crippen LogP contribution in [0.2, 0.25) is 0 Å². The van der Waals surface area contributed by atoms with Crippen LogP contribution in [0.4, 0.5) is 0 Å². The number of carbonyl (C=O) groups is 2. The van der Waals surface area contributed by atoms with Gasteiger partial charge in [0.1, 0.15) is 11.6 Å². The molecule has 1 rings (SSSR count). The van der Waals surface area contributed by atoms with E-state index < -0.39 is 11.9 Å². The van der Waals surface area contributed by atoms with Crippen molar-refractivity contribution >= 4 is 11.9 Å². The van der Waals surface area contributed by atoms with E-state index in [0.717, 1.165) is 5.56 Å². The van der Waals surface area contributed by atoms with Gasteiger partial charge in [0.25, 0.3) is 5.91 Å². The number of carboxylic acid groups (broad SMARTS) is 1. The molecule has 0 radical (unpaired) electrons. The lowest BCUT2D eigenvalue weighted by atomic mass is 10.1. The fourth-order valence-electron chi connectivity index (χ4n) is 1.95. The summed E-state index contributed by atoms with van der Waals surface area (Å²) in [5.74, 6) is -0.354. The number of carbonyl (C=O) groups excluding carboxylic acids is 1. The van der Waals surface area contributed by atoms with Gasteiger partial charge >= 0.3 is 5.97 Å². The van der Waals surface area contributed by atoms with E-state index in [-0.39, 0.29) is 18.5 Å². The number of carboxylic acids is 1. The number of ether oxygens (including phenoxy) is 2. The molecule has 3 N–H and O–H groups in total. The van der Waals surface area contributed by atoms with Crippen LogP contribution in [0.5, 0.6) is 11.5 Å². The minimum atomic E-state index is -1.02. The molecule has 1 amide bonds. The van der Waals surface area contributed by atoms with Gasteiger partial charge in [-0.25, -0.2) is 0 Å². The quantitative estimate of drug-likeness (QED) is 0.326. The number of nitrogens with one attached hydrogen (secondary N) is 2. The normalized spacial score (nSPS) is 10.5. The zero-order valence-corrected chi connectivity index (χ0v) is 14.2. The van der Waals surface area contributed by atoms with E-state index in [9.17, 15) is 9.59 Å². The van der Waals surface area contributed by atoms with E-state index in [4.69, 9.17) is 19.8 Å².